The summed E-state index contributed by atoms with van der Waals surface area (Å²) < 4.78 is 16.0. The van der Waals surface area contributed by atoms with Crippen molar-refractivity contribution in [2.45, 2.75) is 6.92 Å². The summed E-state index contributed by atoms with van der Waals surface area (Å²) in [7, 11) is 0. The largest absolute Gasteiger partial charge is 0.482 e. The minimum absolute atomic E-state index is 0. The summed E-state index contributed by atoms with van der Waals surface area (Å²) in [5.74, 6) is 0.945. The molecule has 6 nitrogen and oxygen atoms in total. The SMILES string of the molecule is Cc1cc(-c2ccc(OCC(=O)O)cc2)nc2cc3c(cc12)OCO3.Cl. The third-order valence-corrected chi connectivity index (χ3v) is 4.02. The van der Waals surface area contributed by atoms with E-state index in [1.54, 1.807) is 12.1 Å². The third kappa shape index (κ3) is 3.36. The first-order valence-electron chi connectivity index (χ1n) is 7.76. The number of rotatable bonds is 4. The van der Waals surface area contributed by atoms with E-state index in [1.165, 1.54) is 0 Å². The van der Waals surface area contributed by atoms with Crippen LogP contribution in [0.25, 0.3) is 22.2 Å². The van der Waals surface area contributed by atoms with E-state index in [0.29, 0.717) is 11.5 Å². The van der Waals surface area contributed by atoms with Gasteiger partial charge in [0.2, 0.25) is 6.79 Å². The van der Waals surface area contributed by atoms with Crippen molar-refractivity contribution in [1.82, 2.24) is 4.98 Å². The minimum atomic E-state index is -1.00. The molecule has 134 valence electrons. The van der Waals surface area contributed by atoms with Crippen molar-refractivity contribution in [3.05, 3.63) is 48.0 Å². The molecule has 0 spiro atoms. The first-order chi connectivity index (χ1) is 12.1. The molecular formula is C19H16ClNO5. The highest BCUT2D eigenvalue weighted by molar-refractivity contribution is 5.88. The lowest BCUT2D eigenvalue weighted by Gasteiger charge is -2.09. The molecule has 0 unspecified atom stereocenters. The molecule has 0 atom stereocenters. The summed E-state index contributed by atoms with van der Waals surface area (Å²) in [5, 5.41) is 9.67. The number of carboxylic acids is 1. The third-order valence-electron chi connectivity index (χ3n) is 4.02. The van der Waals surface area contributed by atoms with E-state index >= 15 is 0 Å². The Morgan fingerprint density at radius 2 is 1.85 bits per heavy atom. The summed E-state index contributed by atoms with van der Waals surface area (Å²) in [4.78, 5) is 15.3. The van der Waals surface area contributed by atoms with Crippen molar-refractivity contribution in [3.63, 3.8) is 0 Å². The van der Waals surface area contributed by atoms with Crippen molar-refractivity contribution < 1.29 is 24.1 Å². The molecule has 1 aliphatic heterocycles. The molecular weight excluding hydrogens is 358 g/mol. The van der Waals surface area contributed by atoms with Gasteiger partial charge in [-0.3, -0.25) is 0 Å². The van der Waals surface area contributed by atoms with Gasteiger partial charge in [0.15, 0.2) is 18.1 Å². The van der Waals surface area contributed by atoms with Crippen molar-refractivity contribution in [2.75, 3.05) is 13.4 Å². The number of pyridine rings is 1. The molecule has 0 fully saturated rings. The van der Waals surface area contributed by atoms with Crippen LogP contribution < -0.4 is 14.2 Å². The first kappa shape index (κ1) is 17.8. The fraction of sp³-hybridized carbons (Fsp3) is 0.158. The summed E-state index contributed by atoms with van der Waals surface area (Å²) in [6.45, 7) is 1.90. The van der Waals surface area contributed by atoms with Crippen LogP contribution in [-0.2, 0) is 4.79 Å². The molecule has 7 heteroatoms. The second-order valence-corrected chi connectivity index (χ2v) is 5.75. The van der Waals surface area contributed by atoms with Crippen molar-refractivity contribution in [1.29, 1.82) is 0 Å². The van der Waals surface area contributed by atoms with E-state index in [9.17, 15) is 4.79 Å². The van der Waals surface area contributed by atoms with Crippen LogP contribution in [0.4, 0.5) is 0 Å². The number of carboxylic acid groups (broad SMARTS) is 1. The van der Waals surface area contributed by atoms with Gasteiger partial charge in [-0.25, -0.2) is 9.78 Å². The number of carbonyl (C=O) groups is 1. The van der Waals surface area contributed by atoms with Crippen LogP contribution in [0.15, 0.2) is 42.5 Å². The molecule has 4 rings (SSSR count). The number of aryl methyl sites for hydroxylation is 1. The Morgan fingerprint density at radius 3 is 2.54 bits per heavy atom. The summed E-state index contributed by atoms with van der Waals surface area (Å²) in [5.41, 5.74) is 3.67. The van der Waals surface area contributed by atoms with Crippen LogP contribution in [0.1, 0.15) is 5.56 Å². The lowest BCUT2D eigenvalue weighted by atomic mass is 10.0. The second kappa shape index (κ2) is 7.09. The summed E-state index contributed by atoms with van der Waals surface area (Å²) in [6, 6.07) is 13.0. The fourth-order valence-electron chi connectivity index (χ4n) is 2.80. The van der Waals surface area contributed by atoms with E-state index in [2.05, 4.69) is 0 Å². The number of hydrogen-bond acceptors (Lipinski definition) is 5. The molecule has 0 bridgehead atoms. The highest BCUT2D eigenvalue weighted by Crippen LogP contribution is 2.37. The normalized spacial score (nSPS) is 11.9. The number of ether oxygens (including phenoxy) is 3. The van der Waals surface area contributed by atoms with Crippen LogP contribution >= 0.6 is 12.4 Å². The van der Waals surface area contributed by atoms with E-state index < -0.39 is 5.97 Å². The van der Waals surface area contributed by atoms with Crippen LogP contribution in [-0.4, -0.2) is 29.5 Å². The van der Waals surface area contributed by atoms with Gasteiger partial charge in [-0.05, 0) is 48.9 Å². The lowest BCUT2D eigenvalue weighted by molar-refractivity contribution is -0.139. The van der Waals surface area contributed by atoms with Crippen molar-refractivity contribution in [2.24, 2.45) is 0 Å². The highest BCUT2D eigenvalue weighted by Gasteiger charge is 2.16. The van der Waals surface area contributed by atoms with Gasteiger partial charge in [-0.1, -0.05) is 0 Å². The van der Waals surface area contributed by atoms with Gasteiger partial charge in [-0.15, -0.1) is 12.4 Å². The molecule has 0 saturated carbocycles. The molecule has 1 aromatic heterocycles. The molecule has 0 saturated heterocycles. The Labute approximate surface area is 155 Å². The van der Waals surface area contributed by atoms with E-state index in [0.717, 1.165) is 33.5 Å². The smallest absolute Gasteiger partial charge is 0.341 e. The first-order valence-corrected chi connectivity index (χ1v) is 7.76. The zero-order chi connectivity index (χ0) is 17.4. The Kier molecular flexibility index (Phi) is 4.86. The number of hydrogen-bond donors (Lipinski definition) is 1. The van der Waals surface area contributed by atoms with Crippen molar-refractivity contribution in [3.8, 4) is 28.5 Å². The Hall–Kier alpha value is -2.99. The summed E-state index contributed by atoms with van der Waals surface area (Å²) in [6.07, 6.45) is 0. The molecule has 0 amide bonds. The van der Waals surface area contributed by atoms with E-state index in [1.807, 2.05) is 37.3 Å². The standard InChI is InChI=1S/C19H15NO5.ClH/c1-11-6-15(12-2-4-13(5-3-12)23-9-19(21)22)20-16-8-18-17(7-14(11)16)24-10-25-18;/h2-8H,9-10H2,1H3,(H,21,22);1H. The molecule has 2 heterocycles. The average molecular weight is 374 g/mol. The maximum atomic E-state index is 10.5. The highest BCUT2D eigenvalue weighted by atomic mass is 35.5. The molecule has 1 N–H and O–H groups in total. The number of nitrogens with zero attached hydrogens (tertiary/aromatic N) is 1. The summed E-state index contributed by atoms with van der Waals surface area (Å²) >= 11 is 0. The lowest BCUT2D eigenvalue weighted by Crippen LogP contribution is -2.09. The maximum Gasteiger partial charge on any atom is 0.341 e. The predicted octanol–water partition coefficient (Wildman–Crippen LogP) is 3.82. The fourth-order valence-corrected chi connectivity index (χ4v) is 2.80. The van der Waals surface area contributed by atoms with E-state index in [-0.39, 0.29) is 25.8 Å². The number of aromatic nitrogens is 1. The topological polar surface area (TPSA) is 77.9 Å². The molecule has 0 radical (unpaired) electrons. The number of fused-ring (bicyclic) bond motifs is 2. The zero-order valence-corrected chi connectivity index (χ0v) is 14.7. The quantitative estimate of drug-likeness (QED) is 0.749. The van der Waals surface area contributed by atoms with Gasteiger partial charge in [-0.2, -0.15) is 0 Å². The monoisotopic (exact) mass is 373 g/mol. The number of halogens is 1. The van der Waals surface area contributed by atoms with Gasteiger partial charge in [0.1, 0.15) is 5.75 Å². The minimum Gasteiger partial charge on any atom is -0.482 e. The Balaban J connectivity index is 0.00000196. The van der Waals surface area contributed by atoms with Gasteiger partial charge < -0.3 is 19.3 Å². The van der Waals surface area contributed by atoms with Gasteiger partial charge in [0.25, 0.3) is 0 Å². The van der Waals surface area contributed by atoms with Crippen LogP contribution in [0, 0.1) is 6.92 Å². The number of aliphatic carboxylic acids is 1. The Morgan fingerprint density at radius 1 is 1.15 bits per heavy atom. The molecule has 26 heavy (non-hydrogen) atoms. The zero-order valence-electron chi connectivity index (χ0n) is 13.9. The molecule has 1 aliphatic rings. The average Bonchev–Trinajstić information content (AvgIpc) is 3.06. The van der Waals surface area contributed by atoms with Crippen LogP contribution in [0.3, 0.4) is 0 Å². The van der Waals surface area contributed by atoms with Crippen LogP contribution in [0.5, 0.6) is 17.2 Å². The second-order valence-electron chi connectivity index (χ2n) is 5.75. The van der Waals surface area contributed by atoms with Gasteiger partial charge in [0, 0.05) is 17.0 Å². The molecule has 0 aliphatic carbocycles. The molecule has 2 aromatic carbocycles. The van der Waals surface area contributed by atoms with Crippen LogP contribution in [0.2, 0.25) is 0 Å². The molecule has 3 aromatic rings. The van der Waals surface area contributed by atoms with Crippen molar-refractivity contribution >= 4 is 29.3 Å². The Bertz CT molecular complexity index is 972. The van der Waals surface area contributed by atoms with Gasteiger partial charge in [0.05, 0.1) is 11.2 Å². The van der Waals surface area contributed by atoms with E-state index in [4.69, 9.17) is 24.3 Å². The maximum absolute atomic E-state index is 10.5. The van der Waals surface area contributed by atoms with Gasteiger partial charge >= 0.3 is 5.97 Å². The predicted molar refractivity (Wildman–Crippen MR) is 98.4 cm³/mol. The number of benzene rings is 2.